The maximum atomic E-state index is 14.4. The van der Waals surface area contributed by atoms with Crippen LogP contribution >= 0.6 is 30.9 Å². The SMILES string of the molecule is CC12CNCC(C)(CN(P(=O)(Oc3ccccc3)N(CCCl)CCCl)C1)C2=O. The van der Waals surface area contributed by atoms with Crippen molar-refractivity contribution in [3.63, 3.8) is 0 Å². The van der Waals surface area contributed by atoms with Crippen LogP contribution in [0.15, 0.2) is 30.3 Å². The van der Waals surface area contributed by atoms with Gasteiger partial charge in [-0.05, 0) is 12.1 Å². The number of carbonyl (C=O) groups is 1. The minimum absolute atomic E-state index is 0.225. The number of alkyl halides is 2. The van der Waals surface area contributed by atoms with Crippen LogP contribution in [-0.2, 0) is 9.36 Å². The van der Waals surface area contributed by atoms with E-state index < -0.39 is 18.5 Å². The molecular weight excluding hydrogens is 420 g/mol. The van der Waals surface area contributed by atoms with E-state index in [0.717, 1.165) is 0 Å². The fourth-order valence-electron chi connectivity index (χ4n) is 4.27. The van der Waals surface area contributed by atoms with E-state index in [2.05, 4.69) is 5.32 Å². The number of hydrogen-bond acceptors (Lipinski definition) is 4. The molecule has 0 aromatic heterocycles. The lowest BCUT2D eigenvalue weighted by Gasteiger charge is -2.53. The van der Waals surface area contributed by atoms with E-state index >= 15 is 0 Å². The first-order chi connectivity index (χ1) is 13.3. The summed E-state index contributed by atoms with van der Waals surface area (Å²) < 4.78 is 24.2. The smallest absolute Gasteiger partial charge is 0.395 e. The zero-order chi connectivity index (χ0) is 20.4. The number of nitrogens with one attached hydrogen (secondary N) is 1. The van der Waals surface area contributed by atoms with Gasteiger partial charge in [-0.15, -0.1) is 23.2 Å². The van der Waals surface area contributed by atoms with Gasteiger partial charge < -0.3 is 9.84 Å². The number of para-hydroxylation sites is 1. The predicted molar refractivity (Wildman–Crippen MR) is 113 cm³/mol. The first-order valence-electron chi connectivity index (χ1n) is 9.50. The number of piperidine rings is 2. The Morgan fingerprint density at radius 3 is 2.14 bits per heavy atom. The highest BCUT2D eigenvalue weighted by Crippen LogP contribution is 2.58. The van der Waals surface area contributed by atoms with Gasteiger partial charge in [0.25, 0.3) is 0 Å². The standard InChI is InChI=1S/C19H28Cl2N3O3P/c1-18-12-22-13-19(2,17(18)25)15-24(14-18)28(26,23(10-8-20)11-9-21)27-16-6-4-3-5-7-16/h3-7,22H,8-15H2,1-2H3. The van der Waals surface area contributed by atoms with Crippen LogP contribution in [0.4, 0.5) is 0 Å². The largest absolute Gasteiger partial charge is 0.422 e. The van der Waals surface area contributed by atoms with Crippen LogP contribution in [0.2, 0.25) is 0 Å². The molecule has 9 heteroatoms. The molecule has 6 nitrogen and oxygen atoms in total. The van der Waals surface area contributed by atoms with Gasteiger partial charge in [0, 0.05) is 51.0 Å². The molecule has 3 atom stereocenters. The number of benzene rings is 1. The summed E-state index contributed by atoms with van der Waals surface area (Å²) in [6.45, 7) is 6.49. The third-order valence-corrected chi connectivity index (χ3v) is 8.46. The van der Waals surface area contributed by atoms with E-state index in [1.165, 1.54) is 0 Å². The molecule has 0 saturated carbocycles. The number of rotatable bonds is 8. The average Bonchev–Trinajstić information content (AvgIpc) is 2.65. The molecule has 1 N–H and O–H groups in total. The zero-order valence-electron chi connectivity index (χ0n) is 16.4. The summed E-state index contributed by atoms with van der Waals surface area (Å²) in [4.78, 5) is 13.1. The summed E-state index contributed by atoms with van der Waals surface area (Å²) in [6, 6.07) is 9.13. The van der Waals surface area contributed by atoms with Gasteiger partial charge in [0.15, 0.2) is 0 Å². The molecule has 1 aromatic rings. The van der Waals surface area contributed by atoms with Crippen LogP contribution in [0, 0.1) is 10.8 Å². The first kappa shape index (κ1) is 22.1. The van der Waals surface area contributed by atoms with Gasteiger partial charge in [0.2, 0.25) is 0 Å². The van der Waals surface area contributed by atoms with E-state index in [1.807, 2.05) is 36.7 Å². The first-order valence-corrected chi connectivity index (χ1v) is 12.1. The van der Waals surface area contributed by atoms with Gasteiger partial charge in [-0.3, -0.25) is 4.79 Å². The van der Waals surface area contributed by atoms with Crippen LogP contribution < -0.4 is 9.84 Å². The van der Waals surface area contributed by atoms with Gasteiger partial charge in [-0.25, -0.2) is 13.9 Å². The second-order valence-electron chi connectivity index (χ2n) is 8.10. The number of fused-ring (bicyclic) bond motifs is 2. The van der Waals surface area contributed by atoms with Gasteiger partial charge in [-0.2, -0.15) is 0 Å². The Bertz CT molecular complexity index is 725. The van der Waals surface area contributed by atoms with Crippen molar-refractivity contribution in [2.24, 2.45) is 10.8 Å². The number of carbonyl (C=O) groups excluding carboxylic acids is 1. The normalized spacial score (nSPS) is 30.2. The molecular formula is C19H28Cl2N3O3P. The number of halogens is 2. The quantitative estimate of drug-likeness (QED) is 0.486. The topological polar surface area (TPSA) is 61.9 Å². The second kappa shape index (κ2) is 8.63. The highest BCUT2D eigenvalue weighted by atomic mass is 35.5. The summed E-state index contributed by atoms with van der Waals surface area (Å²) in [5, 5.41) is 3.37. The van der Waals surface area contributed by atoms with Crippen LogP contribution in [0.25, 0.3) is 0 Å². The third-order valence-electron chi connectivity index (χ3n) is 5.56. The molecule has 1 aromatic carbocycles. The van der Waals surface area contributed by atoms with Gasteiger partial charge >= 0.3 is 7.67 Å². The Hall–Kier alpha value is -0.620. The highest BCUT2D eigenvalue weighted by Gasteiger charge is 2.58. The minimum Gasteiger partial charge on any atom is -0.422 e. The molecule has 0 aliphatic carbocycles. The Labute approximate surface area is 177 Å². The number of nitrogens with zero attached hydrogens (tertiary/aromatic N) is 2. The molecule has 0 radical (unpaired) electrons. The van der Waals surface area contributed by atoms with Crippen molar-refractivity contribution < 1.29 is 13.9 Å². The summed E-state index contributed by atoms with van der Waals surface area (Å²) >= 11 is 12.0. The van der Waals surface area contributed by atoms with Crippen LogP contribution in [-0.4, -0.2) is 66.2 Å². The second-order valence-corrected chi connectivity index (χ2v) is 11.2. The molecule has 156 valence electrons. The Morgan fingerprint density at radius 2 is 1.64 bits per heavy atom. The lowest BCUT2D eigenvalue weighted by Crippen LogP contribution is -2.67. The van der Waals surface area contributed by atoms with E-state index in [-0.39, 0.29) is 5.78 Å². The molecule has 3 rings (SSSR count). The van der Waals surface area contributed by atoms with Crippen molar-refractivity contribution in [2.45, 2.75) is 13.8 Å². The number of hydrogen-bond donors (Lipinski definition) is 1. The van der Waals surface area contributed by atoms with Crippen molar-refractivity contribution in [2.75, 3.05) is 51.0 Å². The summed E-state index contributed by atoms with van der Waals surface area (Å²) in [5.41, 5.74) is -1.23. The fourth-order valence-corrected chi connectivity index (χ4v) is 7.59. The molecule has 2 saturated heterocycles. The maximum absolute atomic E-state index is 14.4. The van der Waals surface area contributed by atoms with Crippen molar-refractivity contribution in [3.8, 4) is 5.75 Å². The Balaban J connectivity index is 2.01. The lowest BCUT2D eigenvalue weighted by molar-refractivity contribution is -0.146. The third kappa shape index (κ3) is 4.14. The van der Waals surface area contributed by atoms with Gasteiger partial charge in [-0.1, -0.05) is 32.0 Å². The van der Waals surface area contributed by atoms with E-state index in [9.17, 15) is 9.36 Å². The Morgan fingerprint density at radius 1 is 1.11 bits per heavy atom. The Kier molecular flexibility index (Phi) is 6.80. The average molecular weight is 448 g/mol. The molecule has 0 amide bonds. The molecule has 0 spiro atoms. The molecule has 2 bridgehead atoms. The molecule has 2 aliphatic rings. The van der Waals surface area contributed by atoms with Crippen molar-refractivity contribution in [1.82, 2.24) is 14.7 Å². The number of ketones is 1. The van der Waals surface area contributed by atoms with Gasteiger partial charge in [0.1, 0.15) is 11.5 Å². The molecule has 3 unspecified atom stereocenters. The monoisotopic (exact) mass is 447 g/mol. The van der Waals surface area contributed by atoms with E-state index in [0.29, 0.717) is 56.8 Å². The van der Waals surface area contributed by atoms with Crippen LogP contribution in [0.1, 0.15) is 13.8 Å². The van der Waals surface area contributed by atoms with E-state index in [4.69, 9.17) is 27.7 Å². The summed E-state index contributed by atoms with van der Waals surface area (Å²) in [5.74, 6) is 1.36. The van der Waals surface area contributed by atoms with E-state index in [1.54, 1.807) is 16.8 Å². The molecule has 28 heavy (non-hydrogen) atoms. The fraction of sp³-hybridized carbons (Fsp3) is 0.632. The lowest BCUT2D eigenvalue weighted by atomic mass is 9.66. The minimum atomic E-state index is -3.51. The maximum Gasteiger partial charge on any atom is 0.395 e. The highest BCUT2D eigenvalue weighted by molar-refractivity contribution is 7.54. The van der Waals surface area contributed by atoms with Crippen molar-refractivity contribution >= 4 is 36.7 Å². The molecule has 2 aliphatic heterocycles. The zero-order valence-corrected chi connectivity index (χ0v) is 18.8. The molecule has 2 heterocycles. The van der Waals surface area contributed by atoms with Crippen molar-refractivity contribution in [3.05, 3.63) is 30.3 Å². The number of Topliss-reactive ketones (excluding diaryl/α,β-unsaturated/α-hetero) is 1. The van der Waals surface area contributed by atoms with Crippen LogP contribution in [0.3, 0.4) is 0 Å². The summed E-state index contributed by atoms with van der Waals surface area (Å²) in [7, 11) is -3.51. The van der Waals surface area contributed by atoms with Crippen molar-refractivity contribution in [1.29, 1.82) is 0 Å². The molecule has 2 fully saturated rings. The van der Waals surface area contributed by atoms with Crippen LogP contribution in [0.5, 0.6) is 5.75 Å². The summed E-state index contributed by atoms with van der Waals surface area (Å²) in [6.07, 6.45) is 0. The van der Waals surface area contributed by atoms with Gasteiger partial charge in [0.05, 0.1) is 10.8 Å². The predicted octanol–water partition coefficient (Wildman–Crippen LogP) is 3.45.